The molecule has 122 valence electrons. The third-order valence-corrected chi connectivity index (χ3v) is 3.18. The lowest BCUT2D eigenvalue weighted by Gasteiger charge is -2.15. The SMILES string of the molecule is Cc1cc(C(=O)Nc2cc(C(=O)O)ccc2OC(C)C)nn1C. The van der Waals surface area contributed by atoms with Gasteiger partial charge >= 0.3 is 5.97 Å². The van der Waals surface area contributed by atoms with Crippen molar-refractivity contribution in [3.63, 3.8) is 0 Å². The van der Waals surface area contributed by atoms with Crippen LogP contribution in [0.25, 0.3) is 0 Å². The van der Waals surface area contributed by atoms with Crippen LogP contribution in [-0.2, 0) is 7.05 Å². The lowest BCUT2D eigenvalue weighted by atomic mass is 10.2. The van der Waals surface area contributed by atoms with E-state index in [0.717, 1.165) is 5.69 Å². The van der Waals surface area contributed by atoms with Gasteiger partial charge in [-0.05, 0) is 45.0 Å². The van der Waals surface area contributed by atoms with E-state index < -0.39 is 11.9 Å². The van der Waals surface area contributed by atoms with Gasteiger partial charge < -0.3 is 15.2 Å². The number of carboxylic acid groups (broad SMARTS) is 1. The minimum atomic E-state index is -1.08. The van der Waals surface area contributed by atoms with Crippen molar-refractivity contribution in [2.24, 2.45) is 7.05 Å². The Bertz CT molecular complexity index is 730. The number of carboxylic acids is 1. The number of carbonyl (C=O) groups is 2. The summed E-state index contributed by atoms with van der Waals surface area (Å²) >= 11 is 0. The van der Waals surface area contributed by atoms with Crippen LogP contribution < -0.4 is 10.1 Å². The van der Waals surface area contributed by atoms with Gasteiger partial charge in [-0.25, -0.2) is 4.79 Å². The van der Waals surface area contributed by atoms with Crippen molar-refractivity contribution in [1.82, 2.24) is 9.78 Å². The molecule has 0 aliphatic carbocycles. The molecular weight excluding hydrogens is 298 g/mol. The highest BCUT2D eigenvalue weighted by Gasteiger charge is 2.16. The van der Waals surface area contributed by atoms with E-state index in [2.05, 4.69) is 10.4 Å². The molecule has 1 amide bonds. The zero-order valence-electron chi connectivity index (χ0n) is 13.5. The summed E-state index contributed by atoms with van der Waals surface area (Å²) in [6.45, 7) is 5.53. The summed E-state index contributed by atoms with van der Waals surface area (Å²) in [5, 5.41) is 15.9. The van der Waals surface area contributed by atoms with Crippen molar-refractivity contribution in [1.29, 1.82) is 0 Å². The van der Waals surface area contributed by atoms with E-state index in [0.29, 0.717) is 11.4 Å². The molecule has 2 aromatic rings. The fraction of sp³-hybridized carbons (Fsp3) is 0.312. The third kappa shape index (κ3) is 3.88. The van der Waals surface area contributed by atoms with Crippen LogP contribution in [-0.4, -0.2) is 32.9 Å². The van der Waals surface area contributed by atoms with Gasteiger partial charge in [-0.2, -0.15) is 5.10 Å². The van der Waals surface area contributed by atoms with Crippen molar-refractivity contribution >= 4 is 17.6 Å². The molecular formula is C16H19N3O4. The largest absolute Gasteiger partial charge is 0.489 e. The molecule has 23 heavy (non-hydrogen) atoms. The lowest BCUT2D eigenvalue weighted by molar-refractivity contribution is 0.0696. The Morgan fingerprint density at radius 1 is 1.30 bits per heavy atom. The van der Waals surface area contributed by atoms with Gasteiger partial charge in [0.15, 0.2) is 5.69 Å². The standard InChI is InChI=1S/C16H19N3O4/c1-9(2)23-14-6-5-11(16(21)22)8-12(14)17-15(20)13-7-10(3)19(4)18-13/h5-9H,1-4H3,(H,17,20)(H,21,22). The molecule has 7 heteroatoms. The summed E-state index contributed by atoms with van der Waals surface area (Å²) in [4.78, 5) is 23.4. The van der Waals surface area contributed by atoms with E-state index in [-0.39, 0.29) is 17.4 Å². The van der Waals surface area contributed by atoms with Crippen molar-refractivity contribution in [2.75, 3.05) is 5.32 Å². The molecule has 0 fully saturated rings. The molecule has 0 radical (unpaired) electrons. The van der Waals surface area contributed by atoms with Gasteiger partial charge in [-0.15, -0.1) is 0 Å². The number of benzene rings is 1. The summed E-state index contributed by atoms with van der Waals surface area (Å²) < 4.78 is 7.20. The summed E-state index contributed by atoms with van der Waals surface area (Å²) in [5.41, 5.74) is 1.45. The molecule has 0 unspecified atom stereocenters. The van der Waals surface area contributed by atoms with E-state index in [1.165, 1.54) is 18.2 Å². The Morgan fingerprint density at radius 2 is 2.00 bits per heavy atom. The minimum Gasteiger partial charge on any atom is -0.489 e. The topological polar surface area (TPSA) is 93.5 Å². The van der Waals surface area contributed by atoms with Crippen LogP contribution in [0.2, 0.25) is 0 Å². The molecule has 0 spiro atoms. The number of anilines is 1. The minimum absolute atomic E-state index is 0.0635. The summed E-state index contributed by atoms with van der Waals surface area (Å²) in [6, 6.07) is 5.98. The Morgan fingerprint density at radius 3 is 2.52 bits per heavy atom. The lowest BCUT2D eigenvalue weighted by Crippen LogP contribution is -2.16. The molecule has 0 bridgehead atoms. The zero-order valence-corrected chi connectivity index (χ0v) is 13.5. The Balaban J connectivity index is 2.33. The van der Waals surface area contributed by atoms with Gasteiger partial charge in [0.1, 0.15) is 5.75 Å². The number of hydrogen-bond donors (Lipinski definition) is 2. The number of aromatic carboxylic acids is 1. The average molecular weight is 317 g/mol. The van der Waals surface area contributed by atoms with Crippen LogP contribution >= 0.6 is 0 Å². The third-order valence-electron chi connectivity index (χ3n) is 3.18. The number of carbonyl (C=O) groups excluding carboxylic acids is 1. The van der Waals surface area contributed by atoms with Crippen LogP contribution in [0.4, 0.5) is 5.69 Å². The molecule has 2 rings (SSSR count). The molecule has 7 nitrogen and oxygen atoms in total. The van der Waals surface area contributed by atoms with Crippen LogP contribution in [0.15, 0.2) is 24.3 Å². The van der Waals surface area contributed by atoms with Gasteiger partial charge in [0, 0.05) is 12.7 Å². The van der Waals surface area contributed by atoms with E-state index in [1.807, 2.05) is 20.8 Å². The highest BCUT2D eigenvalue weighted by Crippen LogP contribution is 2.27. The first kappa shape index (κ1) is 16.5. The molecule has 1 aromatic carbocycles. The number of aryl methyl sites for hydroxylation is 2. The monoisotopic (exact) mass is 317 g/mol. The Labute approximate surface area is 133 Å². The molecule has 1 aromatic heterocycles. The second kappa shape index (κ2) is 6.51. The van der Waals surface area contributed by atoms with Gasteiger partial charge in [-0.1, -0.05) is 0 Å². The number of nitrogens with one attached hydrogen (secondary N) is 1. The summed E-state index contributed by atoms with van der Waals surface area (Å²) in [7, 11) is 1.74. The number of rotatable bonds is 5. The smallest absolute Gasteiger partial charge is 0.335 e. The maximum Gasteiger partial charge on any atom is 0.335 e. The average Bonchev–Trinajstić information content (AvgIpc) is 2.80. The maximum absolute atomic E-state index is 12.3. The second-order valence-electron chi connectivity index (χ2n) is 5.43. The van der Waals surface area contributed by atoms with Gasteiger partial charge in [-0.3, -0.25) is 9.48 Å². The van der Waals surface area contributed by atoms with Gasteiger partial charge in [0.25, 0.3) is 5.91 Å². The summed E-state index contributed by atoms with van der Waals surface area (Å²) in [5.74, 6) is -1.10. The molecule has 0 aliphatic heterocycles. The normalized spacial score (nSPS) is 10.7. The van der Waals surface area contributed by atoms with E-state index >= 15 is 0 Å². The Kier molecular flexibility index (Phi) is 4.68. The van der Waals surface area contributed by atoms with Crippen molar-refractivity contribution in [2.45, 2.75) is 26.9 Å². The number of nitrogens with zero attached hydrogens (tertiary/aromatic N) is 2. The van der Waals surface area contributed by atoms with Gasteiger partial charge in [0.05, 0.1) is 17.4 Å². The number of ether oxygens (including phenoxy) is 1. The van der Waals surface area contributed by atoms with Crippen molar-refractivity contribution in [3.8, 4) is 5.75 Å². The molecule has 0 saturated carbocycles. The molecule has 0 saturated heterocycles. The number of amides is 1. The van der Waals surface area contributed by atoms with Gasteiger partial charge in [0.2, 0.25) is 0 Å². The van der Waals surface area contributed by atoms with Crippen LogP contribution in [0.3, 0.4) is 0 Å². The number of hydrogen-bond acceptors (Lipinski definition) is 4. The van der Waals surface area contributed by atoms with E-state index in [9.17, 15) is 9.59 Å². The molecule has 2 N–H and O–H groups in total. The summed E-state index contributed by atoms with van der Waals surface area (Å²) in [6.07, 6.45) is -0.113. The van der Waals surface area contributed by atoms with E-state index in [1.54, 1.807) is 17.8 Å². The first-order valence-electron chi connectivity index (χ1n) is 7.14. The highest BCUT2D eigenvalue weighted by molar-refractivity contribution is 6.04. The Hall–Kier alpha value is -2.83. The van der Waals surface area contributed by atoms with Crippen LogP contribution in [0.5, 0.6) is 5.75 Å². The molecule has 0 aliphatic rings. The van der Waals surface area contributed by atoms with Crippen molar-refractivity contribution < 1.29 is 19.4 Å². The highest BCUT2D eigenvalue weighted by atomic mass is 16.5. The zero-order chi connectivity index (χ0) is 17.1. The second-order valence-corrected chi connectivity index (χ2v) is 5.43. The maximum atomic E-state index is 12.3. The first-order valence-corrected chi connectivity index (χ1v) is 7.14. The quantitative estimate of drug-likeness (QED) is 0.883. The fourth-order valence-electron chi connectivity index (χ4n) is 1.98. The molecule has 1 heterocycles. The van der Waals surface area contributed by atoms with Crippen LogP contribution in [0, 0.1) is 6.92 Å². The van der Waals surface area contributed by atoms with Crippen LogP contribution in [0.1, 0.15) is 40.4 Å². The van der Waals surface area contributed by atoms with E-state index in [4.69, 9.17) is 9.84 Å². The van der Waals surface area contributed by atoms with Crippen molar-refractivity contribution in [3.05, 3.63) is 41.2 Å². The first-order chi connectivity index (χ1) is 10.8. The number of aromatic nitrogens is 2. The molecule has 0 atom stereocenters. The predicted molar refractivity (Wildman–Crippen MR) is 85.1 cm³/mol. The predicted octanol–water partition coefficient (Wildman–Crippen LogP) is 2.47. The fourth-order valence-corrected chi connectivity index (χ4v) is 1.98.